The molecule has 0 saturated carbocycles. The van der Waals surface area contributed by atoms with E-state index in [9.17, 15) is 13.2 Å². The van der Waals surface area contributed by atoms with Crippen LogP contribution in [0.15, 0.2) is 59.5 Å². The molecule has 1 heterocycles. The van der Waals surface area contributed by atoms with Crippen LogP contribution in [-0.4, -0.2) is 49.7 Å². The SMILES string of the molecule is N#Cc1ccccc1/C=C/C(=O)N1CCN(S(=O)(=O)c2ccc(Cl)cc2)CC1. The fourth-order valence-electron chi connectivity index (χ4n) is 2.92. The number of carbonyl (C=O) groups is 1. The van der Waals surface area contributed by atoms with Crippen LogP contribution >= 0.6 is 11.6 Å². The first-order valence-corrected chi connectivity index (χ1v) is 10.5. The van der Waals surface area contributed by atoms with Crippen molar-refractivity contribution in [3.05, 3.63) is 70.8 Å². The van der Waals surface area contributed by atoms with Crippen molar-refractivity contribution in [3.63, 3.8) is 0 Å². The molecular weight excluding hydrogens is 398 g/mol. The fraction of sp³-hybridized carbons (Fsp3) is 0.200. The van der Waals surface area contributed by atoms with Gasteiger partial charge < -0.3 is 4.90 Å². The summed E-state index contributed by atoms with van der Waals surface area (Å²) >= 11 is 5.82. The van der Waals surface area contributed by atoms with Gasteiger partial charge in [-0.1, -0.05) is 29.8 Å². The second kappa shape index (κ2) is 8.57. The fourth-order valence-corrected chi connectivity index (χ4v) is 4.46. The van der Waals surface area contributed by atoms with Gasteiger partial charge in [0.05, 0.1) is 16.5 Å². The number of rotatable bonds is 4. The van der Waals surface area contributed by atoms with Gasteiger partial charge in [0.2, 0.25) is 15.9 Å². The molecule has 3 rings (SSSR count). The van der Waals surface area contributed by atoms with Gasteiger partial charge in [0.25, 0.3) is 0 Å². The molecular formula is C20H18ClN3O3S. The molecule has 144 valence electrons. The summed E-state index contributed by atoms with van der Waals surface area (Å²) in [6.45, 7) is 1.05. The summed E-state index contributed by atoms with van der Waals surface area (Å²) in [6, 6.07) is 15.1. The Labute approximate surface area is 169 Å². The highest BCUT2D eigenvalue weighted by Gasteiger charge is 2.29. The molecule has 1 amide bonds. The van der Waals surface area contributed by atoms with E-state index in [0.717, 1.165) is 0 Å². The van der Waals surface area contributed by atoms with Crippen molar-refractivity contribution >= 4 is 33.6 Å². The minimum atomic E-state index is -3.61. The lowest BCUT2D eigenvalue weighted by Crippen LogP contribution is -2.50. The van der Waals surface area contributed by atoms with Crippen LogP contribution in [0.1, 0.15) is 11.1 Å². The van der Waals surface area contributed by atoms with Gasteiger partial charge >= 0.3 is 0 Å². The van der Waals surface area contributed by atoms with E-state index in [1.54, 1.807) is 35.2 Å². The van der Waals surface area contributed by atoms with Gasteiger partial charge in [-0.15, -0.1) is 0 Å². The zero-order chi connectivity index (χ0) is 20.1. The lowest BCUT2D eigenvalue weighted by molar-refractivity contribution is -0.127. The highest BCUT2D eigenvalue weighted by Crippen LogP contribution is 2.20. The summed E-state index contributed by atoms with van der Waals surface area (Å²) in [5.74, 6) is -0.212. The first-order valence-electron chi connectivity index (χ1n) is 8.63. The van der Waals surface area contributed by atoms with Crippen LogP contribution in [0.25, 0.3) is 6.08 Å². The summed E-state index contributed by atoms with van der Waals surface area (Å²) in [6.07, 6.45) is 3.03. The van der Waals surface area contributed by atoms with Gasteiger partial charge in [-0.05, 0) is 42.0 Å². The van der Waals surface area contributed by atoms with Gasteiger partial charge in [-0.2, -0.15) is 9.57 Å². The number of hydrogen-bond acceptors (Lipinski definition) is 4. The average molecular weight is 416 g/mol. The summed E-state index contributed by atoms with van der Waals surface area (Å²) in [5, 5.41) is 9.57. The van der Waals surface area contributed by atoms with Crippen molar-refractivity contribution in [1.82, 2.24) is 9.21 Å². The number of hydrogen-bond donors (Lipinski definition) is 0. The number of carbonyl (C=O) groups excluding carboxylic acids is 1. The van der Waals surface area contributed by atoms with E-state index in [4.69, 9.17) is 16.9 Å². The minimum absolute atomic E-state index is 0.185. The van der Waals surface area contributed by atoms with Gasteiger partial charge in [0, 0.05) is 37.3 Å². The lowest BCUT2D eigenvalue weighted by Gasteiger charge is -2.33. The Morgan fingerprint density at radius 2 is 1.68 bits per heavy atom. The summed E-state index contributed by atoms with van der Waals surface area (Å²) < 4.78 is 26.8. The molecule has 0 unspecified atom stereocenters. The van der Waals surface area contributed by atoms with E-state index in [1.165, 1.54) is 34.6 Å². The Morgan fingerprint density at radius 3 is 2.32 bits per heavy atom. The van der Waals surface area contributed by atoms with Crippen molar-refractivity contribution in [2.45, 2.75) is 4.90 Å². The molecule has 1 saturated heterocycles. The number of benzene rings is 2. The smallest absolute Gasteiger partial charge is 0.246 e. The molecule has 0 aromatic heterocycles. The van der Waals surface area contributed by atoms with E-state index in [2.05, 4.69) is 6.07 Å². The summed E-state index contributed by atoms with van der Waals surface area (Å²) in [7, 11) is -3.61. The predicted octanol–water partition coefficient (Wildman–Crippen LogP) is 2.76. The molecule has 0 atom stereocenters. The Balaban J connectivity index is 1.63. The molecule has 0 spiro atoms. The van der Waals surface area contributed by atoms with Crippen molar-refractivity contribution in [1.29, 1.82) is 5.26 Å². The minimum Gasteiger partial charge on any atom is -0.337 e. The normalized spacial score (nSPS) is 15.5. The second-order valence-electron chi connectivity index (χ2n) is 6.22. The number of amides is 1. The van der Waals surface area contributed by atoms with E-state index in [-0.39, 0.29) is 23.9 Å². The lowest BCUT2D eigenvalue weighted by atomic mass is 10.1. The maximum absolute atomic E-state index is 12.7. The molecule has 2 aromatic carbocycles. The number of sulfonamides is 1. The standard InChI is InChI=1S/C20H18ClN3O3S/c21-18-6-8-19(9-7-18)28(26,27)24-13-11-23(12-14-24)20(25)10-5-16-3-1-2-4-17(16)15-22/h1-10H,11-14H2/b10-5+. The third-order valence-electron chi connectivity index (χ3n) is 4.49. The topological polar surface area (TPSA) is 81.5 Å². The van der Waals surface area contributed by atoms with Crippen molar-refractivity contribution < 1.29 is 13.2 Å². The molecule has 0 aliphatic carbocycles. The molecule has 1 fully saturated rings. The molecule has 8 heteroatoms. The third kappa shape index (κ3) is 4.42. The van der Waals surface area contributed by atoms with Crippen LogP contribution in [0.2, 0.25) is 5.02 Å². The second-order valence-corrected chi connectivity index (χ2v) is 8.59. The number of piperazine rings is 1. The zero-order valence-corrected chi connectivity index (χ0v) is 16.5. The molecule has 28 heavy (non-hydrogen) atoms. The molecule has 0 radical (unpaired) electrons. The van der Waals surface area contributed by atoms with Crippen LogP contribution in [0.4, 0.5) is 0 Å². The van der Waals surface area contributed by atoms with Crippen molar-refractivity contribution in [2.24, 2.45) is 0 Å². The Hall–Kier alpha value is -2.66. The quantitative estimate of drug-likeness (QED) is 0.719. The van der Waals surface area contributed by atoms with Gasteiger partial charge in [0.1, 0.15) is 0 Å². The first kappa shape index (κ1) is 20.1. The number of nitrogens with zero attached hydrogens (tertiary/aromatic N) is 3. The molecule has 2 aromatic rings. The molecule has 0 bridgehead atoms. The van der Waals surface area contributed by atoms with Crippen LogP contribution in [0, 0.1) is 11.3 Å². The monoisotopic (exact) mass is 415 g/mol. The third-order valence-corrected chi connectivity index (χ3v) is 6.65. The molecule has 1 aliphatic rings. The summed E-state index contributed by atoms with van der Waals surface area (Å²) in [4.78, 5) is 14.2. The van der Waals surface area contributed by atoms with Crippen LogP contribution < -0.4 is 0 Å². The van der Waals surface area contributed by atoms with Gasteiger partial charge in [-0.3, -0.25) is 4.79 Å². The maximum Gasteiger partial charge on any atom is 0.246 e. The molecule has 1 aliphatic heterocycles. The van der Waals surface area contributed by atoms with E-state index in [0.29, 0.717) is 29.2 Å². The maximum atomic E-state index is 12.7. The Kier molecular flexibility index (Phi) is 6.15. The number of halogens is 1. The molecule has 6 nitrogen and oxygen atoms in total. The van der Waals surface area contributed by atoms with Crippen molar-refractivity contribution in [2.75, 3.05) is 26.2 Å². The highest BCUT2D eigenvalue weighted by atomic mass is 35.5. The Morgan fingerprint density at radius 1 is 1.04 bits per heavy atom. The van der Waals surface area contributed by atoms with Crippen LogP contribution in [0.5, 0.6) is 0 Å². The Bertz CT molecular complexity index is 1040. The van der Waals surface area contributed by atoms with Crippen LogP contribution in [0.3, 0.4) is 0 Å². The summed E-state index contributed by atoms with van der Waals surface area (Å²) in [5.41, 5.74) is 1.16. The number of nitriles is 1. The largest absolute Gasteiger partial charge is 0.337 e. The average Bonchev–Trinajstić information content (AvgIpc) is 2.72. The van der Waals surface area contributed by atoms with E-state index in [1.807, 2.05) is 0 Å². The van der Waals surface area contributed by atoms with E-state index >= 15 is 0 Å². The van der Waals surface area contributed by atoms with Gasteiger partial charge in [0.15, 0.2) is 0 Å². The molecule has 0 N–H and O–H groups in total. The van der Waals surface area contributed by atoms with Crippen LogP contribution in [-0.2, 0) is 14.8 Å². The van der Waals surface area contributed by atoms with E-state index < -0.39 is 10.0 Å². The van der Waals surface area contributed by atoms with Crippen molar-refractivity contribution in [3.8, 4) is 6.07 Å². The first-order chi connectivity index (χ1) is 13.4. The predicted molar refractivity (Wildman–Crippen MR) is 107 cm³/mol. The zero-order valence-electron chi connectivity index (χ0n) is 15.0. The highest BCUT2D eigenvalue weighted by molar-refractivity contribution is 7.89. The van der Waals surface area contributed by atoms with Gasteiger partial charge in [-0.25, -0.2) is 8.42 Å².